The van der Waals surface area contributed by atoms with Gasteiger partial charge in [0.1, 0.15) is 30.5 Å². The number of hydrogen-bond acceptors (Lipinski definition) is 10. The van der Waals surface area contributed by atoms with Crippen LogP contribution in [0.5, 0.6) is 0 Å². The van der Waals surface area contributed by atoms with E-state index in [9.17, 15) is 15.3 Å². The first-order chi connectivity index (χ1) is 12.1. The molecule has 0 aromatic carbocycles. The first-order valence-electron chi connectivity index (χ1n) is 8.46. The Morgan fingerprint density at radius 2 is 2.16 bits per heavy atom. The van der Waals surface area contributed by atoms with Crippen LogP contribution in [0.25, 0.3) is 0 Å². The van der Waals surface area contributed by atoms with Crippen LogP contribution in [0.2, 0.25) is 0 Å². The standard InChI is InChI=1S/C15H27N5O5/c1-8(4-21)2-3-16-13-10-14(18-6-17-13)20(7-19-10)15-12(24)11(23)9(5-22)25-15/h2,7,9-18,21-24H,3-6H2,1H3/b8-2+. The highest BCUT2D eigenvalue weighted by molar-refractivity contribution is 5.60. The Kier molecular flexibility index (Phi) is 6.02. The van der Waals surface area contributed by atoms with Crippen molar-refractivity contribution in [1.29, 1.82) is 0 Å². The van der Waals surface area contributed by atoms with Crippen LogP contribution in [0.1, 0.15) is 6.92 Å². The largest absolute Gasteiger partial charge is 0.394 e. The van der Waals surface area contributed by atoms with Gasteiger partial charge in [0.25, 0.3) is 0 Å². The lowest BCUT2D eigenvalue weighted by Crippen LogP contribution is -2.68. The number of nitrogens with one attached hydrogen (secondary N) is 3. The second-order valence-electron chi connectivity index (χ2n) is 6.56. The van der Waals surface area contributed by atoms with E-state index in [1.54, 1.807) is 11.2 Å². The van der Waals surface area contributed by atoms with Gasteiger partial charge in [-0.15, -0.1) is 0 Å². The highest BCUT2D eigenvalue weighted by atomic mass is 16.6. The molecule has 3 aliphatic rings. The van der Waals surface area contributed by atoms with E-state index in [1.165, 1.54) is 0 Å². The lowest BCUT2D eigenvalue weighted by atomic mass is 10.1. The number of hydrogen-bond donors (Lipinski definition) is 7. The van der Waals surface area contributed by atoms with Crippen molar-refractivity contribution in [2.24, 2.45) is 4.99 Å². The number of aliphatic imine (C=N–C) groups is 1. The van der Waals surface area contributed by atoms with E-state index in [2.05, 4.69) is 20.9 Å². The minimum Gasteiger partial charge on any atom is -0.394 e. The lowest BCUT2D eigenvalue weighted by Gasteiger charge is -2.40. The summed E-state index contributed by atoms with van der Waals surface area (Å²) in [6.45, 7) is 2.67. The summed E-state index contributed by atoms with van der Waals surface area (Å²) >= 11 is 0. The molecular weight excluding hydrogens is 330 g/mol. The Bertz CT molecular complexity index is 519. The molecule has 10 heteroatoms. The van der Waals surface area contributed by atoms with Crippen LogP contribution >= 0.6 is 0 Å². The zero-order chi connectivity index (χ0) is 18.0. The smallest absolute Gasteiger partial charge is 0.161 e. The highest BCUT2D eigenvalue weighted by Crippen LogP contribution is 2.28. The fourth-order valence-electron chi connectivity index (χ4n) is 3.34. The van der Waals surface area contributed by atoms with Crippen molar-refractivity contribution in [3.05, 3.63) is 11.6 Å². The Morgan fingerprint density at radius 1 is 1.36 bits per heavy atom. The molecule has 0 radical (unpaired) electrons. The molecule has 0 saturated carbocycles. The summed E-state index contributed by atoms with van der Waals surface area (Å²) in [4.78, 5) is 6.25. The van der Waals surface area contributed by atoms with Gasteiger partial charge in [-0.25, -0.2) is 0 Å². The number of aliphatic hydroxyl groups excluding tert-OH is 4. The molecule has 0 aliphatic carbocycles. The predicted octanol–water partition coefficient (Wildman–Crippen LogP) is -3.53. The van der Waals surface area contributed by atoms with E-state index in [0.29, 0.717) is 13.2 Å². The van der Waals surface area contributed by atoms with Crippen LogP contribution < -0.4 is 16.0 Å². The number of nitrogens with zero attached hydrogens (tertiary/aromatic N) is 2. The summed E-state index contributed by atoms with van der Waals surface area (Å²) in [6, 6.07) is -0.155. The maximum Gasteiger partial charge on any atom is 0.161 e. The Labute approximate surface area is 146 Å². The highest BCUT2D eigenvalue weighted by Gasteiger charge is 2.50. The van der Waals surface area contributed by atoms with Crippen molar-refractivity contribution in [1.82, 2.24) is 20.9 Å². The summed E-state index contributed by atoms with van der Waals surface area (Å²) in [6.07, 6.45) is -0.604. The molecule has 0 amide bonds. The molecule has 7 atom stereocenters. The molecule has 25 heavy (non-hydrogen) atoms. The Morgan fingerprint density at radius 3 is 2.84 bits per heavy atom. The zero-order valence-corrected chi connectivity index (χ0v) is 14.1. The average molecular weight is 357 g/mol. The molecule has 142 valence electrons. The van der Waals surface area contributed by atoms with Gasteiger partial charge in [-0.1, -0.05) is 11.6 Å². The lowest BCUT2D eigenvalue weighted by molar-refractivity contribution is -0.0873. The van der Waals surface area contributed by atoms with Gasteiger partial charge >= 0.3 is 0 Å². The number of rotatable bonds is 6. The first-order valence-corrected chi connectivity index (χ1v) is 8.46. The third-order valence-electron chi connectivity index (χ3n) is 4.84. The number of fused-ring (bicyclic) bond motifs is 1. The fraction of sp³-hybridized carbons (Fsp3) is 0.800. The van der Waals surface area contributed by atoms with Crippen molar-refractivity contribution >= 4 is 6.34 Å². The molecule has 2 fully saturated rings. The van der Waals surface area contributed by atoms with E-state index >= 15 is 0 Å². The predicted molar refractivity (Wildman–Crippen MR) is 89.4 cm³/mol. The summed E-state index contributed by atoms with van der Waals surface area (Å²) in [5.41, 5.74) is 0.890. The zero-order valence-electron chi connectivity index (χ0n) is 14.1. The monoisotopic (exact) mass is 357 g/mol. The SMILES string of the molecule is C/C(=C\CNC1NCNC2C1N=CN2C1OC(CO)C(O)C1O)CO. The van der Waals surface area contributed by atoms with E-state index in [-0.39, 0.29) is 31.6 Å². The molecule has 0 aromatic heterocycles. The molecule has 3 aliphatic heterocycles. The second kappa shape index (κ2) is 8.06. The minimum atomic E-state index is -1.13. The second-order valence-corrected chi connectivity index (χ2v) is 6.56. The summed E-state index contributed by atoms with van der Waals surface area (Å²) < 4.78 is 5.60. The van der Waals surface area contributed by atoms with Crippen LogP contribution in [0.3, 0.4) is 0 Å². The minimum absolute atomic E-state index is 0.0323. The van der Waals surface area contributed by atoms with E-state index in [1.807, 2.05) is 13.0 Å². The maximum absolute atomic E-state index is 10.2. The quantitative estimate of drug-likeness (QED) is 0.241. The van der Waals surface area contributed by atoms with Gasteiger partial charge in [0.15, 0.2) is 6.23 Å². The van der Waals surface area contributed by atoms with Gasteiger partial charge in [0, 0.05) is 13.2 Å². The summed E-state index contributed by atoms with van der Waals surface area (Å²) in [5, 5.41) is 48.4. The molecule has 7 N–H and O–H groups in total. The van der Waals surface area contributed by atoms with Gasteiger partial charge in [0.2, 0.25) is 0 Å². The fourth-order valence-corrected chi connectivity index (χ4v) is 3.34. The molecule has 0 spiro atoms. The van der Waals surface area contributed by atoms with Crippen molar-refractivity contribution < 1.29 is 25.2 Å². The Balaban J connectivity index is 1.63. The van der Waals surface area contributed by atoms with Crippen LogP contribution in [0, 0.1) is 0 Å². The van der Waals surface area contributed by atoms with Gasteiger partial charge in [0.05, 0.1) is 25.7 Å². The molecule has 2 saturated heterocycles. The molecule has 10 nitrogen and oxygen atoms in total. The van der Waals surface area contributed by atoms with Crippen LogP contribution in [0.4, 0.5) is 0 Å². The first kappa shape index (κ1) is 18.7. The Hall–Kier alpha value is -1.11. The van der Waals surface area contributed by atoms with Crippen LogP contribution in [-0.4, -0.2) is 101 Å². The van der Waals surface area contributed by atoms with Crippen molar-refractivity contribution in [3.8, 4) is 0 Å². The molecule has 3 rings (SSSR count). The van der Waals surface area contributed by atoms with E-state index < -0.39 is 24.5 Å². The molecule has 7 unspecified atom stereocenters. The average Bonchev–Trinajstić information content (AvgIpc) is 3.17. The molecule has 0 bridgehead atoms. The van der Waals surface area contributed by atoms with Crippen LogP contribution in [0.15, 0.2) is 16.6 Å². The van der Waals surface area contributed by atoms with Gasteiger partial charge in [-0.05, 0) is 6.92 Å². The number of ether oxygens (including phenoxy) is 1. The van der Waals surface area contributed by atoms with Crippen molar-refractivity contribution in [2.75, 3.05) is 26.4 Å². The normalized spacial score (nSPS) is 41.4. The summed E-state index contributed by atoms with van der Waals surface area (Å²) in [5.74, 6) is 0. The molecular formula is C15H27N5O5. The number of aliphatic hydroxyl groups is 4. The van der Waals surface area contributed by atoms with Crippen LogP contribution in [-0.2, 0) is 4.74 Å². The molecule has 3 heterocycles. The molecule has 0 aromatic rings. The van der Waals surface area contributed by atoms with E-state index in [4.69, 9.17) is 9.84 Å². The van der Waals surface area contributed by atoms with Crippen molar-refractivity contribution in [2.45, 2.75) is 49.8 Å². The third-order valence-corrected chi connectivity index (χ3v) is 4.84. The topological polar surface area (TPSA) is 142 Å². The van der Waals surface area contributed by atoms with E-state index in [0.717, 1.165) is 5.57 Å². The summed E-state index contributed by atoms with van der Waals surface area (Å²) in [7, 11) is 0. The third kappa shape index (κ3) is 3.71. The van der Waals surface area contributed by atoms with Gasteiger partial charge in [-0.2, -0.15) is 0 Å². The maximum atomic E-state index is 10.2. The van der Waals surface area contributed by atoms with Crippen molar-refractivity contribution in [3.63, 3.8) is 0 Å². The van der Waals surface area contributed by atoms with Gasteiger partial charge < -0.3 is 30.1 Å². The van der Waals surface area contributed by atoms with Gasteiger partial charge in [-0.3, -0.25) is 20.9 Å².